The summed E-state index contributed by atoms with van der Waals surface area (Å²) in [5.41, 5.74) is 3.59. The highest BCUT2D eigenvalue weighted by atomic mass is 127. The van der Waals surface area contributed by atoms with Crippen molar-refractivity contribution in [3.05, 3.63) is 47.5 Å². The number of hydrogen-bond acceptors (Lipinski definition) is 4. The van der Waals surface area contributed by atoms with E-state index in [9.17, 15) is 0 Å². The van der Waals surface area contributed by atoms with Crippen LogP contribution in [0, 0.1) is 0 Å². The second-order valence-electron chi connectivity index (χ2n) is 6.26. The number of ether oxygens (including phenoxy) is 3. The lowest BCUT2D eigenvalue weighted by atomic mass is 10.1. The van der Waals surface area contributed by atoms with Crippen LogP contribution in [0.5, 0.6) is 17.2 Å². The summed E-state index contributed by atoms with van der Waals surface area (Å²) in [6.45, 7) is 1.65. The zero-order valence-corrected chi connectivity index (χ0v) is 19.2. The molecule has 7 heteroatoms. The molecule has 0 aromatic heterocycles. The van der Waals surface area contributed by atoms with Crippen LogP contribution in [-0.4, -0.2) is 47.4 Å². The first-order chi connectivity index (χ1) is 13.2. The summed E-state index contributed by atoms with van der Waals surface area (Å²) in [7, 11) is 6.77. The lowest BCUT2D eigenvalue weighted by Gasteiger charge is -2.23. The number of para-hydroxylation sites is 1. The molecule has 1 N–H and O–H groups in total. The maximum Gasteiger partial charge on any atom is 0.198 e. The van der Waals surface area contributed by atoms with Crippen LogP contribution in [0.1, 0.15) is 11.1 Å². The van der Waals surface area contributed by atoms with Crippen LogP contribution in [0.4, 0.5) is 5.69 Å². The Balaban J connectivity index is 0.00000280. The van der Waals surface area contributed by atoms with E-state index < -0.39 is 0 Å². The maximum absolute atomic E-state index is 5.53. The first kappa shape index (κ1) is 22.1. The Morgan fingerprint density at radius 3 is 2.36 bits per heavy atom. The lowest BCUT2D eigenvalue weighted by molar-refractivity contribution is 0.368. The van der Waals surface area contributed by atoms with Crippen molar-refractivity contribution in [2.75, 3.05) is 46.4 Å². The molecule has 0 saturated heterocycles. The van der Waals surface area contributed by atoms with Crippen LogP contribution in [0.3, 0.4) is 0 Å². The number of methoxy groups -OCH3 is 3. The Labute approximate surface area is 183 Å². The van der Waals surface area contributed by atoms with Crippen molar-refractivity contribution >= 4 is 35.6 Å². The second kappa shape index (κ2) is 10.4. The number of halogens is 1. The summed E-state index contributed by atoms with van der Waals surface area (Å²) < 4.78 is 16.4. The lowest BCUT2D eigenvalue weighted by Crippen LogP contribution is -2.41. The largest absolute Gasteiger partial charge is 0.496 e. The highest BCUT2D eigenvalue weighted by Crippen LogP contribution is 2.34. The fourth-order valence-corrected chi connectivity index (χ4v) is 3.48. The van der Waals surface area contributed by atoms with Gasteiger partial charge in [-0.2, -0.15) is 0 Å². The molecule has 1 aliphatic heterocycles. The average Bonchev–Trinajstić information content (AvgIpc) is 3.14. The third-order valence-corrected chi connectivity index (χ3v) is 4.83. The summed E-state index contributed by atoms with van der Waals surface area (Å²) >= 11 is 0. The Morgan fingerprint density at radius 2 is 1.75 bits per heavy atom. The quantitative estimate of drug-likeness (QED) is 0.376. The van der Waals surface area contributed by atoms with Gasteiger partial charge in [-0.3, -0.25) is 4.99 Å². The molecule has 0 bridgehead atoms. The van der Waals surface area contributed by atoms with Crippen molar-refractivity contribution in [2.45, 2.75) is 12.8 Å². The predicted molar refractivity (Wildman–Crippen MR) is 124 cm³/mol. The number of fused-ring (bicyclic) bond motifs is 1. The van der Waals surface area contributed by atoms with Crippen LogP contribution < -0.4 is 24.4 Å². The predicted octanol–water partition coefficient (Wildman–Crippen LogP) is 3.51. The van der Waals surface area contributed by atoms with Crippen molar-refractivity contribution in [3.63, 3.8) is 0 Å². The van der Waals surface area contributed by atoms with E-state index in [0.29, 0.717) is 12.3 Å². The molecule has 152 valence electrons. The van der Waals surface area contributed by atoms with Crippen molar-refractivity contribution in [2.24, 2.45) is 4.99 Å². The molecule has 2 aromatic carbocycles. The van der Waals surface area contributed by atoms with Gasteiger partial charge in [-0.25, -0.2) is 0 Å². The zero-order chi connectivity index (χ0) is 19.2. The maximum atomic E-state index is 5.53. The van der Waals surface area contributed by atoms with Gasteiger partial charge in [-0.15, -0.1) is 24.0 Å². The third kappa shape index (κ3) is 4.63. The molecule has 28 heavy (non-hydrogen) atoms. The standard InChI is InChI=1S/C21H27N3O3.HI/c1-22-21(24-12-10-15-7-5-6-8-18(15)24)23-11-9-17-19(26-3)13-16(25-2)14-20(17)27-4;/h5-8,13-14H,9-12H2,1-4H3,(H,22,23);1H. The topological polar surface area (TPSA) is 55.3 Å². The molecule has 1 heterocycles. The molecule has 0 fully saturated rings. The summed E-state index contributed by atoms with van der Waals surface area (Å²) in [6, 6.07) is 12.2. The summed E-state index contributed by atoms with van der Waals surface area (Å²) in [5, 5.41) is 3.47. The summed E-state index contributed by atoms with van der Waals surface area (Å²) in [6.07, 6.45) is 1.78. The van der Waals surface area contributed by atoms with Gasteiger partial charge >= 0.3 is 0 Å². The minimum Gasteiger partial charge on any atom is -0.496 e. The fourth-order valence-electron chi connectivity index (χ4n) is 3.48. The highest BCUT2D eigenvalue weighted by Gasteiger charge is 2.22. The van der Waals surface area contributed by atoms with Crippen LogP contribution in [0.15, 0.2) is 41.4 Å². The van der Waals surface area contributed by atoms with Gasteiger partial charge < -0.3 is 24.4 Å². The van der Waals surface area contributed by atoms with E-state index in [1.54, 1.807) is 21.3 Å². The van der Waals surface area contributed by atoms with E-state index >= 15 is 0 Å². The van der Waals surface area contributed by atoms with Gasteiger partial charge in [0.05, 0.1) is 21.3 Å². The molecule has 0 aliphatic carbocycles. The van der Waals surface area contributed by atoms with Gasteiger partial charge in [-0.05, 0) is 24.5 Å². The monoisotopic (exact) mass is 497 g/mol. The molecule has 2 aromatic rings. The average molecular weight is 497 g/mol. The molecule has 0 amide bonds. The van der Waals surface area contributed by atoms with Gasteiger partial charge in [-0.1, -0.05) is 18.2 Å². The summed E-state index contributed by atoms with van der Waals surface area (Å²) in [5.74, 6) is 3.11. The molecule has 1 aliphatic rings. The fraction of sp³-hybridized carbons (Fsp3) is 0.381. The SMILES string of the molecule is CN=C(NCCc1c(OC)cc(OC)cc1OC)N1CCc2ccccc21.I. The smallest absolute Gasteiger partial charge is 0.198 e. The van der Waals surface area contributed by atoms with Crippen molar-refractivity contribution in [1.82, 2.24) is 5.32 Å². The van der Waals surface area contributed by atoms with Crippen LogP contribution >= 0.6 is 24.0 Å². The number of nitrogens with one attached hydrogen (secondary N) is 1. The number of guanidine groups is 1. The molecular weight excluding hydrogens is 469 g/mol. The van der Waals surface area contributed by atoms with E-state index in [1.807, 2.05) is 19.2 Å². The van der Waals surface area contributed by atoms with Crippen LogP contribution in [0.25, 0.3) is 0 Å². The number of nitrogens with zero attached hydrogens (tertiary/aromatic N) is 2. The van der Waals surface area contributed by atoms with Gasteiger partial charge in [0.1, 0.15) is 17.2 Å². The molecule has 3 rings (SSSR count). The van der Waals surface area contributed by atoms with E-state index in [0.717, 1.165) is 42.4 Å². The van der Waals surface area contributed by atoms with Gasteiger partial charge in [0, 0.05) is 43.5 Å². The number of hydrogen-bond donors (Lipinski definition) is 1. The first-order valence-electron chi connectivity index (χ1n) is 9.06. The molecule has 0 radical (unpaired) electrons. The minimum absolute atomic E-state index is 0. The molecule has 0 saturated carbocycles. The van der Waals surface area contributed by atoms with E-state index in [1.165, 1.54) is 11.3 Å². The normalized spacial score (nSPS) is 12.9. The number of benzene rings is 2. The Bertz CT molecular complexity index is 801. The van der Waals surface area contributed by atoms with E-state index in [2.05, 4.69) is 39.5 Å². The van der Waals surface area contributed by atoms with Crippen LogP contribution in [-0.2, 0) is 12.8 Å². The molecule has 0 atom stereocenters. The Hall–Kier alpha value is -2.16. The van der Waals surface area contributed by atoms with Crippen molar-refractivity contribution < 1.29 is 14.2 Å². The minimum atomic E-state index is 0. The van der Waals surface area contributed by atoms with Crippen LogP contribution in [0.2, 0.25) is 0 Å². The van der Waals surface area contributed by atoms with Gasteiger partial charge in [0.25, 0.3) is 0 Å². The number of rotatable bonds is 6. The van der Waals surface area contributed by atoms with Gasteiger partial charge in [0.2, 0.25) is 0 Å². The van der Waals surface area contributed by atoms with E-state index in [-0.39, 0.29) is 24.0 Å². The number of anilines is 1. The Morgan fingerprint density at radius 1 is 1.07 bits per heavy atom. The highest BCUT2D eigenvalue weighted by molar-refractivity contribution is 14.0. The van der Waals surface area contributed by atoms with Gasteiger partial charge in [0.15, 0.2) is 5.96 Å². The molecule has 6 nitrogen and oxygen atoms in total. The van der Waals surface area contributed by atoms with Crippen molar-refractivity contribution in [3.8, 4) is 17.2 Å². The Kier molecular flexibility index (Phi) is 8.22. The molecule has 0 spiro atoms. The zero-order valence-electron chi connectivity index (χ0n) is 16.8. The molecular formula is C21H28IN3O3. The number of aliphatic imine (C=N–C) groups is 1. The van der Waals surface area contributed by atoms with Crippen molar-refractivity contribution in [1.29, 1.82) is 0 Å². The van der Waals surface area contributed by atoms with E-state index in [4.69, 9.17) is 14.2 Å². The summed E-state index contributed by atoms with van der Waals surface area (Å²) in [4.78, 5) is 6.70. The first-order valence-corrected chi connectivity index (χ1v) is 9.06. The molecule has 0 unspecified atom stereocenters. The second-order valence-corrected chi connectivity index (χ2v) is 6.26. The third-order valence-electron chi connectivity index (χ3n) is 4.83.